The monoisotopic (exact) mass is 356 g/mol. The number of hydrogen-bond donors (Lipinski definition) is 2. The van der Waals surface area contributed by atoms with E-state index in [-0.39, 0.29) is 5.91 Å². The third kappa shape index (κ3) is 5.18. The maximum atomic E-state index is 12.4. The maximum Gasteiger partial charge on any atom is 0.255 e. The van der Waals surface area contributed by atoms with Gasteiger partial charge < -0.3 is 20.1 Å². The van der Waals surface area contributed by atoms with Crippen LogP contribution in [0.25, 0.3) is 0 Å². The van der Waals surface area contributed by atoms with Crippen molar-refractivity contribution in [1.29, 1.82) is 0 Å². The molecule has 1 aromatic heterocycles. The van der Waals surface area contributed by atoms with Crippen LogP contribution in [0.15, 0.2) is 42.6 Å². The zero-order valence-corrected chi connectivity index (χ0v) is 14.9. The third-order valence-electron chi connectivity index (χ3n) is 4.21. The lowest BCUT2D eigenvalue weighted by Crippen LogP contribution is -2.39. The van der Waals surface area contributed by atoms with Crippen LogP contribution in [-0.2, 0) is 4.74 Å². The van der Waals surface area contributed by atoms with Crippen LogP contribution in [0, 0.1) is 0 Å². The number of ether oxygens (including phenoxy) is 2. The van der Waals surface area contributed by atoms with E-state index in [0.29, 0.717) is 11.4 Å². The lowest BCUT2D eigenvalue weighted by molar-refractivity contribution is 0.0398. The van der Waals surface area contributed by atoms with Gasteiger partial charge in [-0.1, -0.05) is 0 Å². The number of morpholine rings is 1. The minimum absolute atomic E-state index is 0.172. The molecule has 138 valence electrons. The molecule has 2 aromatic rings. The zero-order valence-electron chi connectivity index (χ0n) is 14.9. The van der Waals surface area contributed by atoms with E-state index in [1.165, 1.54) is 0 Å². The number of pyridine rings is 1. The van der Waals surface area contributed by atoms with Crippen molar-refractivity contribution < 1.29 is 14.3 Å². The zero-order chi connectivity index (χ0) is 18.2. The minimum atomic E-state index is -0.172. The maximum absolute atomic E-state index is 12.4. The Balaban J connectivity index is 1.52. The molecule has 0 unspecified atom stereocenters. The Labute approximate surface area is 153 Å². The summed E-state index contributed by atoms with van der Waals surface area (Å²) in [4.78, 5) is 19.0. The molecule has 7 nitrogen and oxygen atoms in total. The Morgan fingerprint density at radius 2 is 2.00 bits per heavy atom. The van der Waals surface area contributed by atoms with Gasteiger partial charge in [0.1, 0.15) is 11.6 Å². The first-order valence-corrected chi connectivity index (χ1v) is 8.70. The molecule has 2 N–H and O–H groups in total. The molecule has 1 saturated heterocycles. The van der Waals surface area contributed by atoms with Gasteiger partial charge in [-0.25, -0.2) is 4.98 Å². The van der Waals surface area contributed by atoms with Crippen molar-refractivity contribution in [1.82, 2.24) is 9.88 Å². The summed E-state index contributed by atoms with van der Waals surface area (Å²) >= 11 is 0. The summed E-state index contributed by atoms with van der Waals surface area (Å²) < 4.78 is 10.5. The first kappa shape index (κ1) is 18.2. The van der Waals surface area contributed by atoms with Crippen molar-refractivity contribution >= 4 is 17.4 Å². The van der Waals surface area contributed by atoms with Crippen LogP contribution in [0.1, 0.15) is 10.4 Å². The molecule has 3 rings (SSSR count). The van der Waals surface area contributed by atoms with Crippen LogP contribution in [0.3, 0.4) is 0 Å². The number of methoxy groups -OCH3 is 1. The van der Waals surface area contributed by atoms with E-state index in [0.717, 1.165) is 50.8 Å². The predicted molar refractivity (Wildman–Crippen MR) is 101 cm³/mol. The molecule has 0 saturated carbocycles. The van der Waals surface area contributed by atoms with Crippen LogP contribution in [0.2, 0.25) is 0 Å². The van der Waals surface area contributed by atoms with E-state index in [2.05, 4.69) is 20.5 Å². The van der Waals surface area contributed by atoms with Gasteiger partial charge in [0.15, 0.2) is 0 Å². The highest BCUT2D eigenvalue weighted by atomic mass is 16.5. The van der Waals surface area contributed by atoms with Crippen LogP contribution >= 0.6 is 0 Å². The normalized spacial score (nSPS) is 14.7. The fourth-order valence-electron chi connectivity index (χ4n) is 2.71. The fraction of sp³-hybridized carbons (Fsp3) is 0.368. The molecule has 1 aromatic carbocycles. The van der Waals surface area contributed by atoms with Crippen LogP contribution in [0.4, 0.5) is 11.5 Å². The molecule has 26 heavy (non-hydrogen) atoms. The Bertz CT molecular complexity index is 715. The summed E-state index contributed by atoms with van der Waals surface area (Å²) in [5.74, 6) is 1.27. The number of nitrogens with one attached hydrogen (secondary N) is 2. The number of carbonyl (C=O) groups is 1. The van der Waals surface area contributed by atoms with Crippen LogP contribution in [-0.4, -0.2) is 62.3 Å². The molecule has 1 fully saturated rings. The molecule has 1 aliphatic heterocycles. The number of benzene rings is 1. The Hall–Kier alpha value is -2.64. The number of nitrogens with zero attached hydrogens (tertiary/aromatic N) is 2. The number of aromatic nitrogens is 1. The molecule has 1 aliphatic rings. The second-order valence-electron chi connectivity index (χ2n) is 5.99. The molecule has 2 heterocycles. The van der Waals surface area contributed by atoms with E-state index >= 15 is 0 Å². The van der Waals surface area contributed by atoms with Gasteiger partial charge in [0.2, 0.25) is 0 Å². The Kier molecular flexibility index (Phi) is 6.40. The average Bonchev–Trinajstić information content (AvgIpc) is 2.69. The summed E-state index contributed by atoms with van der Waals surface area (Å²) in [5.41, 5.74) is 1.28. The largest absolute Gasteiger partial charge is 0.497 e. The molecule has 0 spiro atoms. The average molecular weight is 356 g/mol. The number of amides is 1. The van der Waals surface area contributed by atoms with Crippen molar-refractivity contribution in [3.05, 3.63) is 48.2 Å². The lowest BCUT2D eigenvalue weighted by atomic mass is 10.2. The standard InChI is InChI=1S/C19H24N4O3/c1-25-17-4-2-16(3-5-17)22-19(24)15-6-7-20-18(14-15)21-8-9-23-10-12-26-13-11-23/h2-7,14H,8-13H2,1H3,(H,20,21)(H,22,24). The Morgan fingerprint density at radius 3 is 2.73 bits per heavy atom. The number of anilines is 2. The second kappa shape index (κ2) is 9.17. The molecule has 1 amide bonds. The molecular formula is C19H24N4O3. The van der Waals surface area contributed by atoms with Crippen molar-refractivity contribution in [3.8, 4) is 5.75 Å². The molecule has 0 bridgehead atoms. The van der Waals surface area contributed by atoms with Gasteiger partial charge in [-0.15, -0.1) is 0 Å². The van der Waals surface area contributed by atoms with E-state index in [4.69, 9.17) is 9.47 Å². The van der Waals surface area contributed by atoms with Gasteiger partial charge in [0.25, 0.3) is 5.91 Å². The molecule has 0 radical (unpaired) electrons. The van der Waals surface area contributed by atoms with Crippen molar-refractivity contribution in [2.24, 2.45) is 0 Å². The number of hydrogen-bond acceptors (Lipinski definition) is 6. The smallest absolute Gasteiger partial charge is 0.255 e. The highest BCUT2D eigenvalue weighted by Crippen LogP contribution is 2.16. The first-order chi connectivity index (χ1) is 12.7. The van der Waals surface area contributed by atoms with Gasteiger partial charge in [0, 0.05) is 43.6 Å². The van der Waals surface area contributed by atoms with Crippen LogP contribution in [0.5, 0.6) is 5.75 Å². The third-order valence-corrected chi connectivity index (χ3v) is 4.21. The van der Waals surface area contributed by atoms with Crippen molar-refractivity contribution in [3.63, 3.8) is 0 Å². The molecular weight excluding hydrogens is 332 g/mol. The van der Waals surface area contributed by atoms with E-state index in [1.54, 1.807) is 49.7 Å². The van der Waals surface area contributed by atoms with Gasteiger partial charge in [-0.3, -0.25) is 9.69 Å². The quantitative estimate of drug-likeness (QED) is 0.791. The molecule has 0 aliphatic carbocycles. The summed E-state index contributed by atoms with van der Waals surface area (Å²) in [6.07, 6.45) is 1.64. The number of carbonyl (C=O) groups excluding carboxylic acids is 1. The SMILES string of the molecule is COc1ccc(NC(=O)c2ccnc(NCCN3CCOCC3)c2)cc1. The highest BCUT2D eigenvalue weighted by molar-refractivity contribution is 6.04. The minimum Gasteiger partial charge on any atom is -0.497 e. The summed E-state index contributed by atoms with van der Waals surface area (Å²) in [6.45, 7) is 5.20. The molecule has 7 heteroatoms. The van der Waals surface area contributed by atoms with Crippen molar-refractivity contribution in [2.45, 2.75) is 0 Å². The fourth-order valence-corrected chi connectivity index (χ4v) is 2.71. The van der Waals surface area contributed by atoms with Gasteiger partial charge in [0.05, 0.1) is 20.3 Å². The highest BCUT2D eigenvalue weighted by Gasteiger charge is 2.10. The summed E-state index contributed by atoms with van der Waals surface area (Å²) in [5, 5.41) is 6.15. The van der Waals surface area contributed by atoms with Crippen LogP contribution < -0.4 is 15.4 Å². The lowest BCUT2D eigenvalue weighted by Gasteiger charge is -2.26. The predicted octanol–water partition coefficient (Wildman–Crippen LogP) is 2.09. The first-order valence-electron chi connectivity index (χ1n) is 8.70. The van der Waals surface area contributed by atoms with Gasteiger partial charge in [-0.2, -0.15) is 0 Å². The molecule has 0 atom stereocenters. The van der Waals surface area contributed by atoms with Gasteiger partial charge in [-0.05, 0) is 36.4 Å². The topological polar surface area (TPSA) is 75.7 Å². The van der Waals surface area contributed by atoms with Crippen molar-refractivity contribution in [2.75, 3.05) is 57.1 Å². The summed E-state index contributed by atoms with van der Waals surface area (Å²) in [6, 6.07) is 10.7. The second-order valence-corrected chi connectivity index (χ2v) is 5.99. The summed E-state index contributed by atoms with van der Waals surface area (Å²) in [7, 11) is 1.61. The Morgan fingerprint density at radius 1 is 1.23 bits per heavy atom. The van der Waals surface area contributed by atoms with Gasteiger partial charge >= 0.3 is 0 Å². The number of rotatable bonds is 7. The van der Waals surface area contributed by atoms with E-state index in [1.807, 2.05) is 0 Å². The van der Waals surface area contributed by atoms with E-state index in [9.17, 15) is 4.79 Å². The van der Waals surface area contributed by atoms with E-state index < -0.39 is 0 Å².